The van der Waals surface area contributed by atoms with Gasteiger partial charge < -0.3 is 9.47 Å². The number of halogens is 2. The molecule has 0 atom stereocenters. The van der Waals surface area contributed by atoms with Crippen LogP contribution in [-0.2, 0) is 17.9 Å². The van der Waals surface area contributed by atoms with Crippen molar-refractivity contribution in [2.45, 2.75) is 13.2 Å². The number of hydrogen-bond acceptors (Lipinski definition) is 5. The van der Waals surface area contributed by atoms with Crippen LogP contribution in [0.3, 0.4) is 0 Å². The second kappa shape index (κ2) is 11.2. The Kier molecular flexibility index (Phi) is 7.73. The van der Waals surface area contributed by atoms with Gasteiger partial charge >= 0.3 is 0 Å². The molecule has 5 rings (SSSR count). The van der Waals surface area contributed by atoms with Crippen LogP contribution in [-0.4, -0.2) is 23.2 Å². The fourth-order valence-electron chi connectivity index (χ4n) is 4.01. The van der Waals surface area contributed by atoms with E-state index in [2.05, 4.69) is 52.9 Å². The number of carbonyl (C=O) groups excluding carboxylic acids is 2. The summed E-state index contributed by atoms with van der Waals surface area (Å²) in [5.74, 6) is 0.860. The maximum absolute atomic E-state index is 13.0. The molecule has 0 saturated carbocycles. The third kappa shape index (κ3) is 5.79. The van der Waals surface area contributed by atoms with E-state index in [9.17, 15) is 9.59 Å². The third-order valence-electron chi connectivity index (χ3n) is 5.87. The topological polar surface area (TPSA) is 55.8 Å². The molecule has 37 heavy (non-hydrogen) atoms. The lowest BCUT2D eigenvalue weighted by Gasteiger charge is -2.14. The molecule has 0 aromatic heterocycles. The van der Waals surface area contributed by atoms with Gasteiger partial charge in [0.05, 0.1) is 22.1 Å². The Labute approximate surface area is 237 Å². The summed E-state index contributed by atoms with van der Waals surface area (Å²) in [6, 6.07) is 25.3. The number of thioether (sulfide) groups is 1. The van der Waals surface area contributed by atoms with E-state index in [0.29, 0.717) is 28.0 Å². The zero-order valence-corrected chi connectivity index (χ0v) is 23.5. The van der Waals surface area contributed by atoms with E-state index in [-0.39, 0.29) is 17.7 Å². The second-order valence-corrected chi connectivity index (χ2v) is 11.0. The molecular formula is C29H21ClINO4S. The molecule has 4 aromatic rings. The highest BCUT2D eigenvalue weighted by atomic mass is 127. The van der Waals surface area contributed by atoms with Gasteiger partial charge in [-0.3, -0.25) is 14.5 Å². The van der Waals surface area contributed by atoms with Crippen molar-refractivity contribution in [3.63, 3.8) is 0 Å². The fourth-order valence-corrected chi connectivity index (χ4v) is 5.75. The molecule has 2 amide bonds. The number of amides is 2. The molecule has 1 fully saturated rings. The summed E-state index contributed by atoms with van der Waals surface area (Å²) in [5, 5.41) is 2.64. The van der Waals surface area contributed by atoms with Crippen molar-refractivity contribution in [3.8, 4) is 11.5 Å². The molecule has 8 heteroatoms. The van der Waals surface area contributed by atoms with Crippen molar-refractivity contribution in [2.24, 2.45) is 0 Å². The van der Waals surface area contributed by atoms with Crippen molar-refractivity contribution in [1.82, 2.24) is 4.90 Å². The van der Waals surface area contributed by atoms with E-state index in [0.717, 1.165) is 37.4 Å². The van der Waals surface area contributed by atoms with Crippen LogP contribution in [0.1, 0.15) is 16.7 Å². The van der Waals surface area contributed by atoms with Gasteiger partial charge in [-0.2, -0.15) is 0 Å². The zero-order valence-electron chi connectivity index (χ0n) is 19.7. The Hall–Kier alpha value is -3.01. The number of carbonyl (C=O) groups is 2. The number of hydrogen-bond donors (Lipinski definition) is 0. The maximum atomic E-state index is 13.0. The third-order valence-corrected chi connectivity index (χ3v) is 7.83. The molecule has 186 valence electrons. The van der Waals surface area contributed by atoms with E-state index in [1.165, 1.54) is 10.3 Å². The van der Waals surface area contributed by atoms with Crippen molar-refractivity contribution in [2.75, 3.05) is 7.11 Å². The first-order valence-electron chi connectivity index (χ1n) is 11.4. The molecule has 1 aliphatic rings. The van der Waals surface area contributed by atoms with Crippen LogP contribution in [0.2, 0.25) is 5.02 Å². The Balaban J connectivity index is 1.33. The van der Waals surface area contributed by atoms with E-state index in [1.54, 1.807) is 37.5 Å². The van der Waals surface area contributed by atoms with Gasteiger partial charge in [0.1, 0.15) is 6.61 Å². The Morgan fingerprint density at radius 1 is 0.946 bits per heavy atom. The molecule has 0 aliphatic carbocycles. The van der Waals surface area contributed by atoms with Crippen LogP contribution < -0.4 is 9.47 Å². The molecule has 0 radical (unpaired) electrons. The minimum absolute atomic E-state index is 0.196. The first-order valence-corrected chi connectivity index (χ1v) is 13.7. The van der Waals surface area contributed by atoms with Crippen LogP contribution >= 0.6 is 46.0 Å². The molecule has 0 spiro atoms. The highest BCUT2D eigenvalue weighted by molar-refractivity contribution is 14.1. The zero-order chi connectivity index (χ0) is 25.9. The van der Waals surface area contributed by atoms with Crippen LogP contribution in [0.4, 0.5) is 4.79 Å². The van der Waals surface area contributed by atoms with Crippen molar-refractivity contribution >= 4 is 73.9 Å². The number of imide groups is 1. The van der Waals surface area contributed by atoms with Crippen molar-refractivity contribution < 1.29 is 19.1 Å². The Morgan fingerprint density at radius 2 is 1.68 bits per heavy atom. The normalized spacial score (nSPS) is 14.6. The van der Waals surface area contributed by atoms with Gasteiger partial charge in [-0.15, -0.1) is 0 Å². The first-order chi connectivity index (χ1) is 17.9. The largest absolute Gasteiger partial charge is 0.493 e. The van der Waals surface area contributed by atoms with Gasteiger partial charge in [0.25, 0.3) is 11.1 Å². The van der Waals surface area contributed by atoms with E-state index < -0.39 is 0 Å². The SMILES string of the molecule is COc1cc(/C=C2\SC(=O)N(Cc3ccc(Cl)cc3)C2=O)cc(I)c1OCc1ccc2ccccc2c1. The van der Waals surface area contributed by atoms with Gasteiger partial charge in [-0.25, -0.2) is 0 Å². The average Bonchev–Trinajstić information content (AvgIpc) is 3.16. The monoisotopic (exact) mass is 641 g/mol. The molecule has 0 unspecified atom stereocenters. The second-order valence-electron chi connectivity index (χ2n) is 8.40. The standard InChI is InChI=1S/C29H21ClINO4S/c1-35-25-14-20(15-26-28(33)32(29(34)37-26)16-18-7-10-23(30)11-8-18)13-24(31)27(25)36-17-19-6-9-21-4-2-3-5-22(21)12-19/h2-15H,16-17H2,1H3/b26-15-. The predicted octanol–water partition coefficient (Wildman–Crippen LogP) is 7.92. The minimum atomic E-state index is -0.324. The Morgan fingerprint density at radius 3 is 2.43 bits per heavy atom. The molecule has 0 bridgehead atoms. The number of nitrogens with zero attached hydrogens (tertiary/aromatic N) is 1. The van der Waals surface area contributed by atoms with Crippen LogP contribution in [0, 0.1) is 3.57 Å². The van der Waals surface area contributed by atoms with Gasteiger partial charge in [0.15, 0.2) is 11.5 Å². The molecular weight excluding hydrogens is 621 g/mol. The van der Waals surface area contributed by atoms with E-state index >= 15 is 0 Å². The predicted molar refractivity (Wildman–Crippen MR) is 157 cm³/mol. The number of methoxy groups -OCH3 is 1. The number of fused-ring (bicyclic) bond motifs is 1. The molecule has 1 heterocycles. The minimum Gasteiger partial charge on any atom is -0.493 e. The number of benzene rings is 4. The fraction of sp³-hybridized carbons (Fsp3) is 0.103. The van der Waals surface area contributed by atoms with Gasteiger partial charge in [0, 0.05) is 5.02 Å². The number of ether oxygens (including phenoxy) is 2. The summed E-state index contributed by atoms with van der Waals surface area (Å²) in [7, 11) is 1.58. The quantitative estimate of drug-likeness (QED) is 0.152. The molecule has 1 saturated heterocycles. The summed E-state index contributed by atoms with van der Waals surface area (Å²) < 4.78 is 12.6. The van der Waals surface area contributed by atoms with E-state index in [1.807, 2.05) is 24.3 Å². The summed E-state index contributed by atoms with van der Waals surface area (Å²) in [6.07, 6.45) is 1.71. The summed E-state index contributed by atoms with van der Waals surface area (Å²) in [5.41, 5.74) is 2.63. The molecule has 5 nitrogen and oxygen atoms in total. The highest BCUT2D eigenvalue weighted by Crippen LogP contribution is 2.38. The highest BCUT2D eigenvalue weighted by Gasteiger charge is 2.35. The molecule has 0 N–H and O–H groups in total. The van der Waals surface area contributed by atoms with Gasteiger partial charge in [-0.1, -0.05) is 60.1 Å². The molecule has 4 aromatic carbocycles. The lowest BCUT2D eigenvalue weighted by Crippen LogP contribution is -2.27. The number of rotatable bonds is 7. The van der Waals surface area contributed by atoms with E-state index in [4.69, 9.17) is 21.1 Å². The van der Waals surface area contributed by atoms with Crippen LogP contribution in [0.5, 0.6) is 11.5 Å². The van der Waals surface area contributed by atoms with Crippen molar-refractivity contribution in [1.29, 1.82) is 0 Å². The van der Waals surface area contributed by atoms with Gasteiger partial charge in [0.2, 0.25) is 0 Å². The lowest BCUT2D eigenvalue weighted by molar-refractivity contribution is -0.123. The summed E-state index contributed by atoms with van der Waals surface area (Å²) in [4.78, 5) is 27.1. The van der Waals surface area contributed by atoms with Gasteiger partial charge in [-0.05, 0) is 98.2 Å². The first kappa shape index (κ1) is 25.6. The average molecular weight is 642 g/mol. The molecule has 1 aliphatic heterocycles. The maximum Gasteiger partial charge on any atom is 0.293 e. The Bertz CT molecular complexity index is 1540. The summed E-state index contributed by atoms with van der Waals surface area (Å²) >= 11 is 9.06. The lowest BCUT2D eigenvalue weighted by atomic mass is 10.1. The summed E-state index contributed by atoms with van der Waals surface area (Å²) in [6.45, 7) is 0.585. The smallest absolute Gasteiger partial charge is 0.293 e. The van der Waals surface area contributed by atoms with Crippen LogP contribution in [0.25, 0.3) is 16.8 Å². The van der Waals surface area contributed by atoms with Crippen molar-refractivity contribution in [3.05, 3.63) is 109 Å². The van der Waals surface area contributed by atoms with Crippen LogP contribution in [0.15, 0.2) is 83.8 Å².